The number of hydrogen-bond acceptors (Lipinski definition) is 5. The van der Waals surface area contributed by atoms with Gasteiger partial charge in [-0.05, 0) is 18.2 Å². The lowest BCUT2D eigenvalue weighted by atomic mass is 10.2. The SMILES string of the molecule is Clc1ccc(Cl)c(-c2nc(C3CNCCO3)no2)c1. The zero-order chi connectivity index (χ0) is 13.2. The van der Waals surface area contributed by atoms with E-state index in [4.69, 9.17) is 32.5 Å². The predicted molar refractivity (Wildman–Crippen MR) is 71.3 cm³/mol. The maximum absolute atomic E-state index is 6.10. The Bertz CT molecular complexity index is 582. The summed E-state index contributed by atoms with van der Waals surface area (Å²) in [6.07, 6.45) is -0.191. The average Bonchev–Trinajstić information content (AvgIpc) is 2.92. The van der Waals surface area contributed by atoms with Crippen LogP contribution in [0.5, 0.6) is 0 Å². The van der Waals surface area contributed by atoms with Gasteiger partial charge < -0.3 is 14.6 Å². The summed E-state index contributed by atoms with van der Waals surface area (Å²) in [6.45, 7) is 2.13. The van der Waals surface area contributed by atoms with E-state index in [1.54, 1.807) is 18.2 Å². The number of rotatable bonds is 2. The molecule has 19 heavy (non-hydrogen) atoms. The molecule has 1 atom stereocenters. The minimum absolute atomic E-state index is 0.191. The third-order valence-corrected chi connectivity index (χ3v) is 3.38. The van der Waals surface area contributed by atoms with Crippen LogP contribution in [0.15, 0.2) is 22.7 Å². The van der Waals surface area contributed by atoms with Crippen LogP contribution in [-0.2, 0) is 4.74 Å². The summed E-state index contributed by atoms with van der Waals surface area (Å²) in [5, 5.41) is 8.22. The molecular weight excluding hydrogens is 289 g/mol. The van der Waals surface area contributed by atoms with E-state index in [0.29, 0.717) is 40.5 Å². The Morgan fingerprint density at radius 2 is 2.21 bits per heavy atom. The molecule has 1 aliphatic heterocycles. The molecule has 0 bridgehead atoms. The lowest BCUT2D eigenvalue weighted by molar-refractivity contribution is 0.0208. The van der Waals surface area contributed by atoms with Crippen molar-refractivity contribution in [1.82, 2.24) is 15.5 Å². The molecule has 0 spiro atoms. The Kier molecular flexibility index (Phi) is 3.70. The highest BCUT2D eigenvalue weighted by molar-refractivity contribution is 6.35. The van der Waals surface area contributed by atoms with E-state index < -0.39 is 0 Å². The highest BCUT2D eigenvalue weighted by Crippen LogP contribution is 2.30. The lowest BCUT2D eigenvalue weighted by Gasteiger charge is -2.20. The Morgan fingerprint density at radius 1 is 1.32 bits per heavy atom. The minimum Gasteiger partial charge on any atom is -0.367 e. The molecule has 7 heteroatoms. The fourth-order valence-electron chi connectivity index (χ4n) is 1.87. The topological polar surface area (TPSA) is 60.2 Å². The number of aromatic nitrogens is 2. The Balaban J connectivity index is 1.89. The molecule has 0 aliphatic carbocycles. The highest BCUT2D eigenvalue weighted by atomic mass is 35.5. The van der Waals surface area contributed by atoms with Crippen LogP contribution in [-0.4, -0.2) is 29.8 Å². The van der Waals surface area contributed by atoms with Crippen molar-refractivity contribution in [3.8, 4) is 11.5 Å². The summed E-state index contributed by atoms with van der Waals surface area (Å²) in [6, 6.07) is 5.10. The molecule has 0 amide bonds. The molecule has 0 saturated carbocycles. The first-order chi connectivity index (χ1) is 9.24. The van der Waals surface area contributed by atoms with Gasteiger partial charge in [-0.25, -0.2) is 0 Å². The molecule has 2 heterocycles. The van der Waals surface area contributed by atoms with Crippen LogP contribution in [0.2, 0.25) is 10.0 Å². The zero-order valence-electron chi connectivity index (χ0n) is 9.90. The van der Waals surface area contributed by atoms with E-state index in [1.165, 1.54) is 0 Å². The first-order valence-corrected chi connectivity index (χ1v) is 6.61. The standard InChI is InChI=1S/C12H11Cl2N3O2/c13-7-1-2-9(14)8(5-7)12-16-11(17-19-12)10-6-15-3-4-18-10/h1-2,5,10,15H,3-4,6H2. The first-order valence-electron chi connectivity index (χ1n) is 5.85. The van der Waals surface area contributed by atoms with Gasteiger partial charge in [0, 0.05) is 18.1 Å². The minimum atomic E-state index is -0.191. The smallest absolute Gasteiger partial charge is 0.259 e. The summed E-state index contributed by atoms with van der Waals surface area (Å²) < 4.78 is 10.8. The second-order valence-corrected chi connectivity index (χ2v) is 4.99. The summed E-state index contributed by atoms with van der Waals surface area (Å²) in [4.78, 5) is 4.32. The number of ether oxygens (including phenoxy) is 1. The van der Waals surface area contributed by atoms with Crippen LogP contribution in [0.1, 0.15) is 11.9 Å². The fraction of sp³-hybridized carbons (Fsp3) is 0.333. The van der Waals surface area contributed by atoms with Crippen molar-refractivity contribution in [3.63, 3.8) is 0 Å². The van der Waals surface area contributed by atoms with Crippen LogP contribution in [0, 0.1) is 0 Å². The van der Waals surface area contributed by atoms with Crippen molar-refractivity contribution < 1.29 is 9.26 Å². The first kappa shape index (κ1) is 12.9. The van der Waals surface area contributed by atoms with Crippen molar-refractivity contribution in [3.05, 3.63) is 34.1 Å². The maximum atomic E-state index is 6.10. The number of halogens is 2. The lowest BCUT2D eigenvalue weighted by Crippen LogP contribution is -2.33. The Labute approximate surface area is 119 Å². The number of hydrogen-bond donors (Lipinski definition) is 1. The van der Waals surface area contributed by atoms with Gasteiger partial charge in [0.25, 0.3) is 5.89 Å². The quantitative estimate of drug-likeness (QED) is 0.924. The van der Waals surface area contributed by atoms with Crippen molar-refractivity contribution in [2.75, 3.05) is 19.7 Å². The van der Waals surface area contributed by atoms with Crippen LogP contribution in [0.3, 0.4) is 0 Å². The van der Waals surface area contributed by atoms with Gasteiger partial charge in [-0.2, -0.15) is 4.98 Å². The third kappa shape index (κ3) is 2.74. The van der Waals surface area contributed by atoms with E-state index in [2.05, 4.69) is 15.5 Å². The molecule has 3 rings (SSSR count). The molecule has 1 aromatic heterocycles. The van der Waals surface area contributed by atoms with E-state index in [1.807, 2.05) is 0 Å². The van der Waals surface area contributed by atoms with Gasteiger partial charge in [0.2, 0.25) is 5.82 Å². The third-order valence-electron chi connectivity index (χ3n) is 2.82. The summed E-state index contributed by atoms with van der Waals surface area (Å²) in [5.41, 5.74) is 0.622. The van der Waals surface area contributed by atoms with Crippen molar-refractivity contribution in [1.29, 1.82) is 0 Å². The molecule has 1 fully saturated rings. The van der Waals surface area contributed by atoms with Gasteiger partial charge in [0.05, 0.1) is 17.2 Å². The van der Waals surface area contributed by atoms with Crippen LogP contribution < -0.4 is 5.32 Å². The monoisotopic (exact) mass is 299 g/mol. The van der Waals surface area contributed by atoms with E-state index in [-0.39, 0.29) is 6.10 Å². The maximum Gasteiger partial charge on any atom is 0.259 e. The van der Waals surface area contributed by atoms with Gasteiger partial charge in [0.1, 0.15) is 6.10 Å². The summed E-state index contributed by atoms with van der Waals surface area (Å²) >= 11 is 12.0. The number of morpholine rings is 1. The van der Waals surface area contributed by atoms with Gasteiger partial charge in [0.15, 0.2) is 0 Å². The number of nitrogens with one attached hydrogen (secondary N) is 1. The molecule has 1 aliphatic rings. The van der Waals surface area contributed by atoms with Crippen molar-refractivity contribution in [2.24, 2.45) is 0 Å². The summed E-state index contributed by atoms with van der Waals surface area (Å²) in [5.74, 6) is 0.856. The Hall–Kier alpha value is -1.14. The predicted octanol–water partition coefficient (Wildman–Crippen LogP) is 2.70. The van der Waals surface area contributed by atoms with E-state index in [0.717, 1.165) is 6.54 Å². The molecule has 2 aromatic rings. The zero-order valence-corrected chi connectivity index (χ0v) is 11.4. The molecular formula is C12H11Cl2N3O2. The normalized spacial score (nSPS) is 19.6. The average molecular weight is 300 g/mol. The van der Waals surface area contributed by atoms with Gasteiger partial charge in [-0.3, -0.25) is 0 Å². The van der Waals surface area contributed by atoms with Crippen molar-refractivity contribution >= 4 is 23.2 Å². The molecule has 1 saturated heterocycles. The molecule has 1 N–H and O–H groups in total. The van der Waals surface area contributed by atoms with Crippen LogP contribution in [0.25, 0.3) is 11.5 Å². The second kappa shape index (κ2) is 5.46. The fourth-order valence-corrected chi connectivity index (χ4v) is 2.24. The highest BCUT2D eigenvalue weighted by Gasteiger charge is 2.22. The second-order valence-electron chi connectivity index (χ2n) is 4.15. The van der Waals surface area contributed by atoms with Gasteiger partial charge in [-0.1, -0.05) is 28.4 Å². The van der Waals surface area contributed by atoms with Crippen molar-refractivity contribution in [2.45, 2.75) is 6.10 Å². The molecule has 0 radical (unpaired) electrons. The number of benzene rings is 1. The van der Waals surface area contributed by atoms with E-state index >= 15 is 0 Å². The summed E-state index contributed by atoms with van der Waals surface area (Å²) in [7, 11) is 0. The van der Waals surface area contributed by atoms with Gasteiger partial charge in [-0.15, -0.1) is 0 Å². The van der Waals surface area contributed by atoms with Gasteiger partial charge >= 0.3 is 0 Å². The molecule has 1 aromatic carbocycles. The van der Waals surface area contributed by atoms with Crippen LogP contribution in [0.4, 0.5) is 0 Å². The molecule has 1 unspecified atom stereocenters. The van der Waals surface area contributed by atoms with Crippen LogP contribution >= 0.6 is 23.2 Å². The molecule has 100 valence electrons. The largest absolute Gasteiger partial charge is 0.367 e. The number of nitrogens with zero attached hydrogens (tertiary/aromatic N) is 2. The van der Waals surface area contributed by atoms with E-state index in [9.17, 15) is 0 Å². The Morgan fingerprint density at radius 3 is 3.00 bits per heavy atom. The molecule has 5 nitrogen and oxygen atoms in total.